The van der Waals surface area contributed by atoms with E-state index in [1.807, 2.05) is 0 Å². The summed E-state index contributed by atoms with van der Waals surface area (Å²) in [5, 5.41) is 3.82. The van der Waals surface area contributed by atoms with Crippen molar-refractivity contribution in [2.75, 3.05) is 11.9 Å². The third kappa shape index (κ3) is 3.54. The molecule has 0 atom stereocenters. The van der Waals surface area contributed by atoms with Crippen LogP contribution in [0.2, 0.25) is 5.02 Å². The van der Waals surface area contributed by atoms with Crippen molar-refractivity contribution in [3.63, 3.8) is 0 Å². The molecule has 3 nitrogen and oxygen atoms in total. The van der Waals surface area contributed by atoms with E-state index in [1.54, 1.807) is 19.1 Å². The first-order valence-corrected chi connectivity index (χ1v) is 6.69. The molecule has 0 saturated heterocycles. The Labute approximate surface area is 118 Å². The first kappa shape index (κ1) is 14.0. The highest BCUT2D eigenvalue weighted by Crippen LogP contribution is 2.29. The minimum absolute atomic E-state index is 0.0281. The summed E-state index contributed by atoms with van der Waals surface area (Å²) in [6.07, 6.45) is 1.45. The first-order valence-electron chi connectivity index (χ1n) is 5.49. The van der Waals surface area contributed by atoms with Crippen LogP contribution in [0.5, 0.6) is 0 Å². The van der Waals surface area contributed by atoms with Crippen LogP contribution in [0.3, 0.4) is 0 Å². The monoisotopic (exact) mass is 301 g/mol. The number of nitrogens with one attached hydrogen (secondary N) is 1. The molecule has 19 heavy (non-hydrogen) atoms. The van der Waals surface area contributed by atoms with Crippen LogP contribution >= 0.6 is 23.4 Å². The maximum Gasteiger partial charge on any atom is 0.168 e. The number of halogens is 3. The molecule has 2 heterocycles. The number of aromatic nitrogens is 2. The molecule has 2 aromatic heterocycles. The second kappa shape index (κ2) is 6.16. The van der Waals surface area contributed by atoms with Gasteiger partial charge in [-0.15, -0.1) is 0 Å². The molecule has 0 amide bonds. The number of pyridine rings is 2. The van der Waals surface area contributed by atoms with Crippen LogP contribution < -0.4 is 5.32 Å². The zero-order chi connectivity index (χ0) is 13.8. The molecule has 7 heteroatoms. The molecule has 0 saturated carbocycles. The molecular formula is C12H10ClF2N3S. The van der Waals surface area contributed by atoms with Crippen molar-refractivity contribution in [2.24, 2.45) is 0 Å². The summed E-state index contributed by atoms with van der Waals surface area (Å²) in [6, 6.07) is 4.09. The fourth-order valence-corrected chi connectivity index (χ4v) is 2.18. The molecule has 0 aromatic carbocycles. The van der Waals surface area contributed by atoms with Crippen molar-refractivity contribution in [1.29, 1.82) is 0 Å². The fourth-order valence-electron chi connectivity index (χ4n) is 1.33. The van der Waals surface area contributed by atoms with Crippen molar-refractivity contribution < 1.29 is 8.78 Å². The van der Waals surface area contributed by atoms with Gasteiger partial charge in [0.05, 0.1) is 5.02 Å². The van der Waals surface area contributed by atoms with Crippen LogP contribution in [0.15, 0.2) is 34.4 Å². The molecule has 1 N–H and O–H groups in total. The summed E-state index contributed by atoms with van der Waals surface area (Å²) >= 11 is 6.72. The van der Waals surface area contributed by atoms with Crippen LogP contribution in [0.25, 0.3) is 0 Å². The molecule has 2 rings (SSSR count). The zero-order valence-electron chi connectivity index (χ0n) is 9.95. The van der Waals surface area contributed by atoms with Gasteiger partial charge in [0.1, 0.15) is 10.1 Å². The van der Waals surface area contributed by atoms with E-state index in [4.69, 9.17) is 11.6 Å². The summed E-state index contributed by atoms with van der Waals surface area (Å²) in [5.74, 6) is -1.41. The van der Waals surface area contributed by atoms with E-state index in [-0.39, 0.29) is 10.8 Å². The predicted octanol–water partition coefficient (Wildman–Crippen LogP) is 3.99. The molecule has 0 radical (unpaired) electrons. The smallest absolute Gasteiger partial charge is 0.168 e. The number of hydrogen-bond donors (Lipinski definition) is 1. The van der Waals surface area contributed by atoms with Gasteiger partial charge in [-0.1, -0.05) is 11.6 Å². The van der Waals surface area contributed by atoms with Crippen molar-refractivity contribution in [2.45, 2.75) is 17.0 Å². The first-order chi connectivity index (χ1) is 9.10. The SMILES string of the molecule is CCNc1nc(Sc2ccc(Cl)cn2)c(F)cc1F. The van der Waals surface area contributed by atoms with Crippen LogP contribution in [0, 0.1) is 11.6 Å². The Hall–Kier alpha value is -1.40. The van der Waals surface area contributed by atoms with Crippen LogP contribution in [0.1, 0.15) is 6.92 Å². The lowest BCUT2D eigenvalue weighted by Crippen LogP contribution is -2.04. The molecule has 0 aliphatic carbocycles. The molecule has 0 unspecified atom stereocenters. The molecule has 100 valence electrons. The lowest BCUT2D eigenvalue weighted by Gasteiger charge is -2.07. The predicted molar refractivity (Wildman–Crippen MR) is 71.7 cm³/mol. The average molecular weight is 302 g/mol. The van der Waals surface area contributed by atoms with Crippen molar-refractivity contribution in [3.8, 4) is 0 Å². The van der Waals surface area contributed by atoms with Gasteiger partial charge in [0.25, 0.3) is 0 Å². The van der Waals surface area contributed by atoms with Gasteiger partial charge in [-0.25, -0.2) is 18.7 Å². The van der Waals surface area contributed by atoms with Gasteiger partial charge in [-0.05, 0) is 30.8 Å². The maximum atomic E-state index is 13.6. The lowest BCUT2D eigenvalue weighted by atomic mass is 10.4. The fraction of sp³-hybridized carbons (Fsp3) is 0.167. The van der Waals surface area contributed by atoms with E-state index in [0.29, 0.717) is 16.6 Å². The van der Waals surface area contributed by atoms with E-state index in [0.717, 1.165) is 17.8 Å². The van der Waals surface area contributed by atoms with Gasteiger partial charge in [-0.2, -0.15) is 0 Å². The number of hydrogen-bond acceptors (Lipinski definition) is 4. The van der Waals surface area contributed by atoms with Gasteiger partial charge in [0.2, 0.25) is 0 Å². The highest BCUT2D eigenvalue weighted by atomic mass is 35.5. The van der Waals surface area contributed by atoms with Crippen molar-refractivity contribution in [3.05, 3.63) is 41.1 Å². The van der Waals surface area contributed by atoms with Crippen molar-refractivity contribution >= 4 is 29.2 Å². The highest BCUT2D eigenvalue weighted by molar-refractivity contribution is 7.99. The van der Waals surface area contributed by atoms with E-state index < -0.39 is 11.6 Å². The Morgan fingerprint density at radius 1 is 1.32 bits per heavy atom. The molecule has 0 fully saturated rings. The molecule has 0 aliphatic heterocycles. The standard InChI is InChI=1S/C12H10ClF2N3S/c1-2-16-11-8(14)5-9(15)12(18-11)19-10-4-3-7(13)6-17-10/h3-6H,2H2,1H3,(H,16,18). The van der Waals surface area contributed by atoms with Crippen LogP contribution in [-0.4, -0.2) is 16.5 Å². The Bertz CT molecular complexity index is 578. The normalized spacial score (nSPS) is 10.5. The third-order valence-electron chi connectivity index (χ3n) is 2.14. The quantitative estimate of drug-likeness (QED) is 0.926. The Morgan fingerprint density at radius 3 is 2.74 bits per heavy atom. The zero-order valence-corrected chi connectivity index (χ0v) is 11.5. The van der Waals surface area contributed by atoms with Gasteiger partial charge < -0.3 is 5.32 Å². The molecule has 0 bridgehead atoms. The van der Waals surface area contributed by atoms with Crippen LogP contribution in [0.4, 0.5) is 14.6 Å². The van der Waals surface area contributed by atoms with Crippen LogP contribution in [-0.2, 0) is 0 Å². The summed E-state index contributed by atoms with van der Waals surface area (Å²) in [6.45, 7) is 2.30. The van der Waals surface area contributed by atoms with E-state index in [1.165, 1.54) is 6.20 Å². The Balaban J connectivity index is 2.28. The third-order valence-corrected chi connectivity index (χ3v) is 3.30. The van der Waals surface area contributed by atoms with E-state index in [2.05, 4.69) is 15.3 Å². The minimum Gasteiger partial charge on any atom is -0.368 e. The summed E-state index contributed by atoms with van der Waals surface area (Å²) in [4.78, 5) is 7.93. The van der Waals surface area contributed by atoms with E-state index in [9.17, 15) is 8.78 Å². The summed E-state index contributed by atoms with van der Waals surface area (Å²) < 4.78 is 27.0. The second-order valence-corrected chi connectivity index (χ2v) is 5.00. The largest absolute Gasteiger partial charge is 0.368 e. The van der Waals surface area contributed by atoms with Gasteiger partial charge in [0.15, 0.2) is 17.5 Å². The van der Waals surface area contributed by atoms with Crippen molar-refractivity contribution in [1.82, 2.24) is 9.97 Å². The maximum absolute atomic E-state index is 13.6. The molecule has 0 aliphatic rings. The van der Waals surface area contributed by atoms with Gasteiger partial charge in [-0.3, -0.25) is 0 Å². The Morgan fingerprint density at radius 2 is 2.11 bits per heavy atom. The number of rotatable bonds is 4. The summed E-state index contributed by atoms with van der Waals surface area (Å²) in [5.41, 5.74) is 0. The second-order valence-electron chi connectivity index (χ2n) is 3.55. The van der Waals surface area contributed by atoms with Gasteiger partial charge in [0, 0.05) is 18.8 Å². The number of nitrogens with zero attached hydrogens (tertiary/aromatic N) is 2. The topological polar surface area (TPSA) is 37.8 Å². The highest BCUT2D eigenvalue weighted by Gasteiger charge is 2.13. The van der Waals surface area contributed by atoms with E-state index >= 15 is 0 Å². The van der Waals surface area contributed by atoms with Gasteiger partial charge >= 0.3 is 0 Å². The molecule has 0 spiro atoms. The summed E-state index contributed by atoms with van der Waals surface area (Å²) in [7, 11) is 0. The molecular weight excluding hydrogens is 292 g/mol. The lowest BCUT2D eigenvalue weighted by molar-refractivity contribution is 0.551. The molecule has 2 aromatic rings. The Kier molecular flexibility index (Phi) is 4.55. The average Bonchev–Trinajstić information content (AvgIpc) is 2.38. The minimum atomic E-state index is -0.721. The number of anilines is 1.